The number of hydrogen-bond acceptors (Lipinski definition) is 3. The zero-order chi connectivity index (χ0) is 13.0. The number of aliphatic hydroxyl groups excluding tert-OH is 1. The van der Waals surface area contributed by atoms with Gasteiger partial charge in [0.05, 0.1) is 0 Å². The Morgan fingerprint density at radius 3 is 2.67 bits per heavy atom. The van der Waals surface area contributed by atoms with Gasteiger partial charge in [-0.3, -0.25) is 4.79 Å². The van der Waals surface area contributed by atoms with Crippen LogP contribution in [0.15, 0.2) is 30.3 Å². The Kier molecular flexibility index (Phi) is 4.33. The summed E-state index contributed by atoms with van der Waals surface area (Å²) < 4.78 is 0. The van der Waals surface area contributed by atoms with Crippen LogP contribution in [0.3, 0.4) is 0 Å². The molecular formula is C14H20N2O2. The van der Waals surface area contributed by atoms with E-state index in [1.807, 2.05) is 37.3 Å². The maximum absolute atomic E-state index is 11.6. The van der Waals surface area contributed by atoms with E-state index in [1.54, 1.807) is 0 Å². The molecule has 1 aliphatic carbocycles. The van der Waals surface area contributed by atoms with E-state index in [0.29, 0.717) is 6.54 Å². The lowest BCUT2D eigenvalue weighted by Crippen LogP contribution is -2.47. The minimum absolute atomic E-state index is 0.260. The zero-order valence-corrected chi connectivity index (χ0v) is 10.6. The van der Waals surface area contributed by atoms with Crippen LogP contribution in [-0.4, -0.2) is 29.2 Å². The highest BCUT2D eigenvalue weighted by Crippen LogP contribution is 2.18. The Morgan fingerprint density at radius 2 is 2.06 bits per heavy atom. The summed E-state index contributed by atoms with van der Waals surface area (Å²) in [5.74, 6) is -0.273. The molecule has 1 aromatic rings. The minimum Gasteiger partial charge on any atom is -0.382 e. The lowest BCUT2D eigenvalue weighted by Gasteiger charge is -2.19. The van der Waals surface area contributed by atoms with Crippen LogP contribution in [0.2, 0.25) is 0 Å². The molecule has 2 unspecified atom stereocenters. The number of rotatable bonds is 6. The molecule has 1 aliphatic rings. The number of nitrogens with one attached hydrogen (secondary N) is 2. The number of amides is 1. The predicted octanol–water partition coefficient (Wildman–Crippen LogP) is 0.804. The van der Waals surface area contributed by atoms with Crippen LogP contribution < -0.4 is 10.6 Å². The molecule has 2 atom stereocenters. The molecule has 0 bridgehead atoms. The summed E-state index contributed by atoms with van der Waals surface area (Å²) >= 11 is 0. The number of hydrogen-bond donors (Lipinski definition) is 3. The third kappa shape index (κ3) is 3.82. The van der Waals surface area contributed by atoms with Crippen LogP contribution in [-0.2, 0) is 11.3 Å². The number of carbonyl (C=O) groups excluding carboxylic acids is 1. The Morgan fingerprint density at radius 1 is 1.39 bits per heavy atom. The molecule has 3 N–H and O–H groups in total. The first kappa shape index (κ1) is 13.1. The maximum atomic E-state index is 11.6. The van der Waals surface area contributed by atoms with E-state index in [1.165, 1.54) is 0 Å². The second kappa shape index (κ2) is 5.98. The van der Waals surface area contributed by atoms with Crippen LogP contribution in [0.25, 0.3) is 0 Å². The highest BCUT2D eigenvalue weighted by atomic mass is 16.3. The molecule has 4 heteroatoms. The molecule has 18 heavy (non-hydrogen) atoms. The maximum Gasteiger partial charge on any atom is 0.250 e. The van der Waals surface area contributed by atoms with Gasteiger partial charge in [0.2, 0.25) is 0 Å². The van der Waals surface area contributed by atoms with Gasteiger partial charge in [-0.05, 0) is 25.3 Å². The van der Waals surface area contributed by atoms with Gasteiger partial charge >= 0.3 is 0 Å². The van der Waals surface area contributed by atoms with Crippen molar-refractivity contribution in [2.24, 2.45) is 0 Å². The summed E-state index contributed by atoms with van der Waals surface area (Å²) in [6.07, 6.45) is 1.07. The summed E-state index contributed by atoms with van der Waals surface area (Å²) in [6, 6.07) is 9.95. The molecule has 0 radical (unpaired) electrons. The SMILES string of the molecule is CC(NCc1ccccc1)C(O)C(=O)NC1CC1. The van der Waals surface area contributed by atoms with Crippen LogP contribution in [0, 0.1) is 0 Å². The zero-order valence-electron chi connectivity index (χ0n) is 10.6. The second-order valence-corrected chi connectivity index (χ2v) is 4.88. The van der Waals surface area contributed by atoms with E-state index in [4.69, 9.17) is 0 Å². The summed E-state index contributed by atoms with van der Waals surface area (Å²) in [5, 5.41) is 15.8. The van der Waals surface area contributed by atoms with Crippen molar-refractivity contribution in [3.05, 3.63) is 35.9 Å². The van der Waals surface area contributed by atoms with E-state index in [0.717, 1.165) is 18.4 Å². The van der Waals surface area contributed by atoms with E-state index in [2.05, 4.69) is 10.6 Å². The standard InChI is InChI=1S/C14H20N2O2/c1-10(13(17)14(18)16-12-7-8-12)15-9-11-5-3-2-4-6-11/h2-6,10,12-13,15,17H,7-9H2,1H3,(H,16,18). The van der Waals surface area contributed by atoms with Crippen molar-refractivity contribution in [2.45, 2.75) is 44.5 Å². The van der Waals surface area contributed by atoms with Crippen LogP contribution in [0.4, 0.5) is 0 Å². The summed E-state index contributed by atoms with van der Waals surface area (Å²) in [4.78, 5) is 11.6. The molecular weight excluding hydrogens is 228 g/mol. The van der Waals surface area contributed by atoms with Crippen LogP contribution >= 0.6 is 0 Å². The van der Waals surface area contributed by atoms with Crippen LogP contribution in [0.1, 0.15) is 25.3 Å². The first-order chi connectivity index (χ1) is 8.66. The first-order valence-electron chi connectivity index (χ1n) is 6.42. The number of carbonyl (C=O) groups is 1. The van der Waals surface area contributed by atoms with Gasteiger partial charge in [0, 0.05) is 18.6 Å². The third-order valence-electron chi connectivity index (χ3n) is 3.14. The summed E-state index contributed by atoms with van der Waals surface area (Å²) in [7, 11) is 0. The Balaban J connectivity index is 1.76. The van der Waals surface area contributed by atoms with E-state index in [-0.39, 0.29) is 18.0 Å². The van der Waals surface area contributed by atoms with E-state index in [9.17, 15) is 9.90 Å². The van der Waals surface area contributed by atoms with Gasteiger partial charge in [-0.1, -0.05) is 30.3 Å². The molecule has 0 spiro atoms. The van der Waals surface area contributed by atoms with Crippen LogP contribution in [0.5, 0.6) is 0 Å². The fraction of sp³-hybridized carbons (Fsp3) is 0.500. The van der Waals surface area contributed by atoms with Gasteiger partial charge < -0.3 is 15.7 Å². The summed E-state index contributed by atoms with van der Waals surface area (Å²) in [6.45, 7) is 2.47. The van der Waals surface area contributed by atoms with Gasteiger partial charge in [-0.25, -0.2) is 0 Å². The largest absolute Gasteiger partial charge is 0.382 e. The van der Waals surface area contributed by atoms with Crippen molar-refractivity contribution >= 4 is 5.91 Å². The van der Waals surface area contributed by atoms with Crippen molar-refractivity contribution < 1.29 is 9.90 Å². The van der Waals surface area contributed by atoms with Gasteiger partial charge in [-0.2, -0.15) is 0 Å². The van der Waals surface area contributed by atoms with Gasteiger partial charge in [0.15, 0.2) is 0 Å². The second-order valence-electron chi connectivity index (χ2n) is 4.88. The number of aliphatic hydroxyl groups is 1. The molecule has 1 fully saturated rings. The molecule has 4 nitrogen and oxygen atoms in total. The molecule has 2 rings (SSSR count). The molecule has 0 aliphatic heterocycles. The van der Waals surface area contributed by atoms with Crippen molar-refractivity contribution in [1.82, 2.24) is 10.6 Å². The molecule has 1 saturated carbocycles. The average molecular weight is 248 g/mol. The van der Waals surface area contributed by atoms with E-state index < -0.39 is 6.10 Å². The highest BCUT2D eigenvalue weighted by molar-refractivity contribution is 5.81. The Hall–Kier alpha value is -1.39. The lowest BCUT2D eigenvalue weighted by atomic mass is 10.1. The average Bonchev–Trinajstić information content (AvgIpc) is 3.20. The molecule has 98 valence electrons. The van der Waals surface area contributed by atoms with Crippen molar-refractivity contribution in [3.8, 4) is 0 Å². The van der Waals surface area contributed by atoms with E-state index >= 15 is 0 Å². The van der Waals surface area contributed by atoms with Crippen molar-refractivity contribution in [1.29, 1.82) is 0 Å². The van der Waals surface area contributed by atoms with Crippen molar-refractivity contribution in [2.75, 3.05) is 0 Å². The molecule has 0 heterocycles. The Labute approximate surface area is 107 Å². The predicted molar refractivity (Wildman–Crippen MR) is 69.9 cm³/mol. The topological polar surface area (TPSA) is 61.4 Å². The van der Waals surface area contributed by atoms with Gasteiger partial charge in [0.1, 0.15) is 6.10 Å². The molecule has 1 amide bonds. The smallest absolute Gasteiger partial charge is 0.250 e. The van der Waals surface area contributed by atoms with Crippen molar-refractivity contribution in [3.63, 3.8) is 0 Å². The molecule has 1 aromatic carbocycles. The number of benzene rings is 1. The fourth-order valence-electron chi connectivity index (χ4n) is 1.73. The normalized spacial score (nSPS) is 18.1. The lowest BCUT2D eigenvalue weighted by molar-refractivity contribution is -0.130. The monoisotopic (exact) mass is 248 g/mol. The quantitative estimate of drug-likeness (QED) is 0.698. The highest BCUT2D eigenvalue weighted by Gasteiger charge is 2.28. The minimum atomic E-state index is -0.991. The summed E-state index contributed by atoms with van der Waals surface area (Å²) in [5.41, 5.74) is 1.14. The molecule has 0 saturated heterocycles. The third-order valence-corrected chi connectivity index (χ3v) is 3.14. The van der Waals surface area contributed by atoms with Gasteiger partial charge in [0.25, 0.3) is 5.91 Å². The Bertz CT molecular complexity index is 390. The van der Waals surface area contributed by atoms with Gasteiger partial charge in [-0.15, -0.1) is 0 Å². The molecule has 0 aromatic heterocycles. The fourth-order valence-corrected chi connectivity index (χ4v) is 1.73. The first-order valence-corrected chi connectivity index (χ1v) is 6.42.